The van der Waals surface area contributed by atoms with Crippen LogP contribution in [0.15, 0.2) is 12.1 Å². The quantitative estimate of drug-likeness (QED) is 0.815. The number of carboxylic acid groups (broad SMARTS) is 1. The third-order valence-electron chi connectivity index (χ3n) is 2.05. The van der Waals surface area contributed by atoms with Crippen LogP contribution in [0.2, 0.25) is 0 Å². The Bertz CT molecular complexity index is 423. The summed E-state index contributed by atoms with van der Waals surface area (Å²) in [5.74, 6) is -0.679. The highest BCUT2D eigenvalue weighted by atomic mass is 16.5. The third kappa shape index (κ3) is 5.14. The molecular formula is C13H19NO4. The van der Waals surface area contributed by atoms with Gasteiger partial charge in [0.25, 0.3) is 0 Å². The molecule has 0 aliphatic carbocycles. The van der Waals surface area contributed by atoms with Crippen LogP contribution in [0.3, 0.4) is 0 Å². The fourth-order valence-electron chi connectivity index (χ4n) is 1.33. The van der Waals surface area contributed by atoms with E-state index in [0.717, 1.165) is 0 Å². The Hall–Kier alpha value is -1.62. The molecule has 0 saturated heterocycles. The topological polar surface area (TPSA) is 68.7 Å². The highest BCUT2D eigenvalue weighted by Crippen LogP contribution is 2.13. The van der Waals surface area contributed by atoms with Crippen LogP contribution < -0.4 is 4.74 Å². The lowest BCUT2D eigenvalue weighted by atomic mass is 10.2. The molecule has 0 bridgehead atoms. The van der Waals surface area contributed by atoms with Crippen molar-refractivity contribution in [3.8, 4) is 5.88 Å². The Labute approximate surface area is 107 Å². The van der Waals surface area contributed by atoms with Gasteiger partial charge < -0.3 is 14.6 Å². The largest absolute Gasteiger partial charge is 0.478 e. The van der Waals surface area contributed by atoms with Gasteiger partial charge in [0.1, 0.15) is 6.61 Å². The summed E-state index contributed by atoms with van der Waals surface area (Å²) in [5.41, 5.74) is 0.575. The predicted octanol–water partition coefficient (Wildman–Crippen LogP) is 2.28. The summed E-state index contributed by atoms with van der Waals surface area (Å²) in [6, 6.07) is 2.91. The summed E-state index contributed by atoms with van der Waals surface area (Å²) in [6.45, 7) is 8.38. The van der Waals surface area contributed by atoms with Crippen molar-refractivity contribution < 1.29 is 19.4 Å². The van der Waals surface area contributed by atoms with Crippen LogP contribution in [0.5, 0.6) is 5.88 Å². The molecule has 1 aromatic heterocycles. The Kier molecular flexibility index (Phi) is 4.67. The smallest absolute Gasteiger partial charge is 0.335 e. The number of nitrogens with zero attached hydrogens (tertiary/aromatic N) is 1. The number of aryl methyl sites for hydroxylation is 1. The predicted molar refractivity (Wildman–Crippen MR) is 67.1 cm³/mol. The first-order chi connectivity index (χ1) is 8.28. The Morgan fingerprint density at radius 2 is 2.00 bits per heavy atom. The first-order valence-corrected chi connectivity index (χ1v) is 5.77. The van der Waals surface area contributed by atoms with Gasteiger partial charge in [-0.15, -0.1) is 0 Å². The molecule has 0 aromatic carbocycles. The molecule has 0 saturated carbocycles. The SMILES string of the molecule is Cc1cc(C(=O)O)cc(OCCOC(C)(C)C)n1. The number of carbonyl (C=O) groups is 1. The number of hydrogen-bond acceptors (Lipinski definition) is 4. The molecular weight excluding hydrogens is 234 g/mol. The molecule has 1 heterocycles. The molecule has 1 aromatic rings. The lowest BCUT2D eigenvalue weighted by Gasteiger charge is -2.19. The summed E-state index contributed by atoms with van der Waals surface area (Å²) in [6.07, 6.45) is 0. The van der Waals surface area contributed by atoms with E-state index in [0.29, 0.717) is 24.8 Å². The lowest BCUT2D eigenvalue weighted by molar-refractivity contribution is -0.0168. The number of ether oxygens (including phenoxy) is 2. The zero-order valence-corrected chi connectivity index (χ0v) is 11.2. The van der Waals surface area contributed by atoms with Crippen molar-refractivity contribution >= 4 is 5.97 Å². The molecule has 0 radical (unpaired) electrons. The lowest BCUT2D eigenvalue weighted by Crippen LogP contribution is -2.22. The van der Waals surface area contributed by atoms with Crippen LogP contribution >= 0.6 is 0 Å². The van der Waals surface area contributed by atoms with Gasteiger partial charge in [0.2, 0.25) is 5.88 Å². The first-order valence-electron chi connectivity index (χ1n) is 5.77. The maximum atomic E-state index is 10.9. The van der Waals surface area contributed by atoms with Gasteiger partial charge >= 0.3 is 5.97 Å². The van der Waals surface area contributed by atoms with Crippen molar-refractivity contribution in [3.05, 3.63) is 23.4 Å². The van der Waals surface area contributed by atoms with Gasteiger partial charge in [0.05, 0.1) is 17.8 Å². The number of aromatic carboxylic acids is 1. The number of aromatic nitrogens is 1. The minimum Gasteiger partial charge on any atom is -0.478 e. The molecule has 0 unspecified atom stereocenters. The van der Waals surface area contributed by atoms with Crippen LogP contribution in [-0.4, -0.2) is 34.9 Å². The van der Waals surface area contributed by atoms with E-state index in [9.17, 15) is 4.79 Å². The van der Waals surface area contributed by atoms with E-state index in [2.05, 4.69) is 4.98 Å². The molecule has 0 fully saturated rings. The Morgan fingerprint density at radius 1 is 1.33 bits per heavy atom. The molecule has 0 aliphatic heterocycles. The third-order valence-corrected chi connectivity index (χ3v) is 2.05. The van der Waals surface area contributed by atoms with E-state index >= 15 is 0 Å². The number of carboxylic acids is 1. The maximum Gasteiger partial charge on any atom is 0.335 e. The van der Waals surface area contributed by atoms with Gasteiger partial charge in [-0.25, -0.2) is 9.78 Å². The van der Waals surface area contributed by atoms with Crippen LogP contribution in [0, 0.1) is 6.92 Å². The van der Waals surface area contributed by atoms with Crippen LogP contribution in [0.25, 0.3) is 0 Å². The van der Waals surface area contributed by atoms with Crippen molar-refractivity contribution in [2.75, 3.05) is 13.2 Å². The highest BCUT2D eigenvalue weighted by molar-refractivity contribution is 5.87. The van der Waals surface area contributed by atoms with E-state index < -0.39 is 5.97 Å². The number of rotatable bonds is 5. The monoisotopic (exact) mass is 253 g/mol. The Balaban J connectivity index is 2.55. The van der Waals surface area contributed by atoms with Crippen LogP contribution in [0.1, 0.15) is 36.8 Å². The molecule has 1 N–H and O–H groups in total. The fraction of sp³-hybridized carbons (Fsp3) is 0.538. The zero-order chi connectivity index (χ0) is 13.8. The van der Waals surface area contributed by atoms with E-state index in [-0.39, 0.29) is 11.2 Å². The summed E-state index contributed by atoms with van der Waals surface area (Å²) >= 11 is 0. The molecule has 0 spiro atoms. The average molecular weight is 253 g/mol. The second-order valence-electron chi connectivity index (χ2n) is 4.95. The maximum absolute atomic E-state index is 10.9. The molecule has 100 valence electrons. The van der Waals surface area contributed by atoms with Gasteiger partial charge in [-0.05, 0) is 33.8 Å². The van der Waals surface area contributed by atoms with Crippen LogP contribution in [0.4, 0.5) is 0 Å². The van der Waals surface area contributed by atoms with Gasteiger partial charge in [-0.3, -0.25) is 0 Å². The molecule has 0 atom stereocenters. The van der Waals surface area contributed by atoms with Gasteiger partial charge in [0.15, 0.2) is 0 Å². The summed E-state index contributed by atoms with van der Waals surface area (Å²) in [7, 11) is 0. The summed E-state index contributed by atoms with van der Waals surface area (Å²) in [4.78, 5) is 15.0. The summed E-state index contributed by atoms with van der Waals surface area (Å²) in [5, 5.41) is 8.90. The number of pyridine rings is 1. The van der Waals surface area contributed by atoms with Crippen molar-refractivity contribution in [3.63, 3.8) is 0 Å². The normalized spacial score (nSPS) is 11.3. The van der Waals surface area contributed by atoms with Gasteiger partial charge in [0, 0.05) is 11.8 Å². The highest BCUT2D eigenvalue weighted by Gasteiger charge is 2.10. The van der Waals surface area contributed by atoms with Crippen molar-refractivity contribution in [2.45, 2.75) is 33.3 Å². The average Bonchev–Trinajstić information content (AvgIpc) is 2.22. The molecule has 5 nitrogen and oxygen atoms in total. The Morgan fingerprint density at radius 3 is 2.56 bits per heavy atom. The van der Waals surface area contributed by atoms with Crippen molar-refractivity contribution in [1.29, 1.82) is 0 Å². The van der Waals surface area contributed by atoms with Gasteiger partial charge in [-0.2, -0.15) is 0 Å². The van der Waals surface area contributed by atoms with E-state index in [4.69, 9.17) is 14.6 Å². The van der Waals surface area contributed by atoms with Crippen LogP contribution in [-0.2, 0) is 4.74 Å². The van der Waals surface area contributed by atoms with E-state index in [1.54, 1.807) is 6.92 Å². The van der Waals surface area contributed by atoms with Gasteiger partial charge in [-0.1, -0.05) is 0 Å². The first kappa shape index (κ1) is 14.4. The zero-order valence-electron chi connectivity index (χ0n) is 11.2. The second kappa shape index (κ2) is 5.82. The summed E-state index contributed by atoms with van der Waals surface area (Å²) < 4.78 is 10.9. The number of hydrogen-bond donors (Lipinski definition) is 1. The molecule has 1 rings (SSSR count). The molecule has 0 aliphatic rings. The standard InChI is InChI=1S/C13H19NO4/c1-9-7-10(12(15)16)8-11(14-9)17-5-6-18-13(2,3)4/h7-8H,5-6H2,1-4H3,(H,15,16). The van der Waals surface area contributed by atoms with E-state index in [1.165, 1.54) is 12.1 Å². The van der Waals surface area contributed by atoms with Crippen molar-refractivity contribution in [2.24, 2.45) is 0 Å². The second-order valence-corrected chi connectivity index (χ2v) is 4.95. The van der Waals surface area contributed by atoms with Crippen molar-refractivity contribution in [1.82, 2.24) is 4.98 Å². The fourth-order valence-corrected chi connectivity index (χ4v) is 1.33. The minimum absolute atomic E-state index is 0.175. The molecule has 18 heavy (non-hydrogen) atoms. The molecule has 0 amide bonds. The minimum atomic E-state index is -0.990. The van der Waals surface area contributed by atoms with E-state index in [1.807, 2.05) is 20.8 Å². The molecule has 5 heteroatoms.